The first-order valence-corrected chi connectivity index (χ1v) is 6.68. The molecule has 0 saturated carbocycles. The molecule has 0 saturated heterocycles. The van der Waals surface area contributed by atoms with Crippen LogP contribution in [0.25, 0.3) is 0 Å². The fraction of sp³-hybridized carbons (Fsp3) is 0.385. The summed E-state index contributed by atoms with van der Waals surface area (Å²) in [5.74, 6) is -2.07. The summed E-state index contributed by atoms with van der Waals surface area (Å²) >= 11 is 3.17. The van der Waals surface area contributed by atoms with Gasteiger partial charge in [-0.05, 0) is 24.1 Å². The first kappa shape index (κ1) is 15.5. The second-order valence-electron chi connectivity index (χ2n) is 4.34. The number of benzene rings is 1. The lowest BCUT2D eigenvalue weighted by atomic mass is 9.99. The molecular weight excluding hydrogens is 314 g/mol. The lowest BCUT2D eigenvalue weighted by Crippen LogP contribution is -2.45. The van der Waals surface area contributed by atoms with E-state index < -0.39 is 17.9 Å². The molecule has 104 valence electrons. The minimum atomic E-state index is -1.08. The Bertz CT molecular complexity index is 490. The van der Waals surface area contributed by atoms with Crippen LogP contribution in [0.5, 0.6) is 5.75 Å². The van der Waals surface area contributed by atoms with Crippen LogP contribution in [0.1, 0.15) is 30.6 Å². The molecule has 0 bridgehead atoms. The quantitative estimate of drug-likeness (QED) is 0.774. The zero-order valence-corrected chi connectivity index (χ0v) is 12.3. The molecule has 0 aromatic heterocycles. The number of rotatable bonds is 5. The van der Waals surface area contributed by atoms with Gasteiger partial charge in [0.25, 0.3) is 5.91 Å². The number of aliphatic carboxylic acids is 1. The fourth-order valence-corrected chi connectivity index (χ4v) is 1.95. The highest BCUT2D eigenvalue weighted by Gasteiger charge is 2.26. The van der Waals surface area contributed by atoms with Crippen molar-refractivity contribution in [2.75, 3.05) is 0 Å². The third-order valence-electron chi connectivity index (χ3n) is 2.97. The first-order chi connectivity index (χ1) is 8.86. The van der Waals surface area contributed by atoms with Gasteiger partial charge < -0.3 is 15.5 Å². The number of hydrogen-bond donors (Lipinski definition) is 3. The van der Waals surface area contributed by atoms with E-state index in [1.807, 2.05) is 6.92 Å². The van der Waals surface area contributed by atoms with Crippen molar-refractivity contribution in [1.82, 2.24) is 5.32 Å². The van der Waals surface area contributed by atoms with Gasteiger partial charge in [-0.3, -0.25) is 4.79 Å². The number of amides is 1. The summed E-state index contributed by atoms with van der Waals surface area (Å²) in [6, 6.07) is 3.45. The van der Waals surface area contributed by atoms with Gasteiger partial charge in [0.05, 0.1) is 5.56 Å². The van der Waals surface area contributed by atoms with E-state index in [4.69, 9.17) is 5.11 Å². The third-order valence-corrected chi connectivity index (χ3v) is 3.46. The van der Waals surface area contributed by atoms with Crippen molar-refractivity contribution < 1.29 is 19.8 Å². The molecule has 1 rings (SSSR count). The summed E-state index contributed by atoms with van der Waals surface area (Å²) in [7, 11) is 0. The fourth-order valence-electron chi connectivity index (χ4n) is 1.60. The summed E-state index contributed by atoms with van der Waals surface area (Å²) in [4.78, 5) is 23.1. The molecule has 0 fully saturated rings. The number of carbonyl (C=O) groups excluding carboxylic acids is 1. The summed E-state index contributed by atoms with van der Waals surface area (Å²) in [6.07, 6.45) is 0.629. The van der Waals surface area contributed by atoms with Gasteiger partial charge in [0, 0.05) is 4.47 Å². The van der Waals surface area contributed by atoms with Gasteiger partial charge in [-0.1, -0.05) is 36.2 Å². The molecule has 2 atom stereocenters. The molecule has 0 heterocycles. The first-order valence-electron chi connectivity index (χ1n) is 5.89. The van der Waals surface area contributed by atoms with E-state index in [0.717, 1.165) is 0 Å². The minimum absolute atomic E-state index is 0.0535. The largest absolute Gasteiger partial charge is 0.507 e. The van der Waals surface area contributed by atoms with Crippen molar-refractivity contribution in [3.8, 4) is 5.75 Å². The maximum atomic E-state index is 12.0. The van der Waals surface area contributed by atoms with Gasteiger partial charge in [-0.2, -0.15) is 0 Å². The van der Waals surface area contributed by atoms with Crippen molar-refractivity contribution >= 4 is 27.8 Å². The van der Waals surface area contributed by atoms with Crippen LogP contribution in [0.15, 0.2) is 22.7 Å². The van der Waals surface area contributed by atoms with Crippen LogP contribution in [-0.2, 0) is 4.79 Å². The normalized spacial score (nSPS) is 13.6. The molecule has 0 aliphatic carbocycles. The number of halogens is 1. The second-order valence-corrected chi connectivity index (χ2v) is 5.25. The molecule has 1 aromatic rings. The van der Waals surface area contributed by atoms with Crippen LogP contribution in [0, 0.1) is 5.92 Å². The Labute approximate surface area is 119 Å². The van der Waals surface area contributed by atoms with E-state index in [0.29, 0.717) is 10.9 Å². The maximum Gasteiger partial charge on any atom is 0.326 e. The number of carboxylic acids is 1. The lowest BCUT2D eigenvalue weighted by Gasteiger charge is -2.20. The van der Waals surface area contributed by atoms with Crippen LogP contribution in [0.4, 0.5) is 0 Å². The van der Waals surface area contributed by atoms with E-state index in [2.05, 4.69) is 21.2 Å². The van der Waals surface area contributed by atoms with Crippen LogP contribution in [0.2, 0.25) is 0 Å². The molecule has 6 heteroatoms. The average molecular weight is 330 g/mol. The highest BCUT2D eigenvalue weighted by Crippen LogP contribution is 2.22. The molecule has 5 nitrogen and oxygen atoms in total. The average Bonchev–Trinajstić information content (AvgIpc) is 2.34. The molecular formula is C13H16BrNO4. The molecule has 0 spiro atoms. The lowest BCUT2D eigenvalue weighted by molar-refractivity contribution is -0.140. The standard InChI is InChI=1S/C13H16BrNO4/c1-3-7(2)11(13(18)19)15-12(17)9-5-4-8(14)6-10(9)16/h4-7,11,16H,3H2,1-2H3,(H,15,17)(H,18,19). The van der Waals surface area contributed by atoms with E-state index in [9.17, 15) is 14.7 Å². The molecule has 1 amide bonds. The molecule has 0 aliphatic heterocycles. The predicted molar refractivity (Wildman–Crippen MR) is 74.2 cm³/mol. The van der Waals surface area contributed by atoms with Crippen molar-refractivity contribution in [3.05, 3.63) is 28.2 Å². The predicted octanol–water partition coefficient (Wildman–Crippen LogP) is 2.38. The number of aromatic hydroxyl groups is 1. The number of phenolic OH excluding ortho intramolecular Hbond substituents is 1. The molecule has 0 aliphatic rings. The van der Waals surface area contributed by atoms with Gasteiger partial charge in [0.1, 0.15) is 11.8 Å². The number of carbonyl (C=O) groups is 2. The Morgan fingerprint density at radius 2 is 2.05 bits per heavy atom. The summed E-state index contributed by atoms with van der Waals surface area (Å²) in [5, 5.41) is 21.2. The zero-order valence-electron chi connectivity index (χ0n) is 10.7. The molecule has 0 radical (unpaired) electrons. The van der Waals surface area contributed by atoms with E-state index in [1.165, 1.54) is 12.1 Å². The molecule has 2 unspecified atom stereocenters. The van der Waals surface area contributed by atoms with Gasteiger partial charge in [0.15, 0.2) is 0 Å². The van der Waals surface area contributed by atoms with Crippen molar-refractivity contribution in [2.45, 2.75) is 26.3 Å². The van der Waals surface area contributed by atoms with Crippen LogP contribution in [-0.4, -0.2) is 28.1 Å². The Hall–Kier alpha value is -1.56. The Kier molecular flexibility index (Phi) is 5.35. The highest BCUT2D eigenvalue weighted by atomic mass is 79.9. The second kappa shape index (κ2) is 6.56. The van der Waals surface area contributed by atoms with E-state index in [-0.39, 0.29) is 17.2 Å². The van der Waals surface area contributed by atoms with Crippen molar-refractivity contribution in [1.29, 1.82) is 0 Å². The highest BCUT2D eigenvalue weighted by molar-refractivity contribution is 9.10. The minimum Gasteiger partial charge on any atom is -0.507 e. The van der Waals surface area contributed by atoms with E-state index in [1.54, 1.807) is 13.0 Å². The van der Waals surface area contributed by atoms with Crippen LogP contribution < -0.4 is 5.32 Å². The smallest absolute Gasteiger partial charge is 0.326 e. The Morgan fingerprint density at radius 3 is 2.53 bits per heavy atom. The SMILES string of the molecule is CCC(C)C(NC(=O)c1ccc(Br)cc1O)C(=O)O. The molecule has 19 heavy (non-hydrogen) atoms. The summed E-state index contributed by atoms with van der Waals surface area (Å²) in [5.41, 5.74) is 0.0535. The number of hydrogen-bond acceptors (Lipinski definition) is 3. The molecule has 3 N–H and O–H groups in total. The Morgan fingerprint density at radius 1 is 1.42 bits per heavy atom. The zero-order chi connectivity index (χ0) is 14.6. The van der Waals surface area contributed by atoms with E-state index >= 15 is 0 Å². The third kappa shape index (κ3) is 3.96. The number of nitrogens with one attached hydrogen (secondary N) is 1. The van der Waals surface area contributed by atoms with Crippen LogP contribution in [0.3, 0.4) is 0 Å². The van der Waals surface area contributed by atoms with Gasteiger partial charge in [-0.15, -0.1) is 0 Å². The Balaban J connectivity index is 2.91. The number of phenols is 1. The summed E-state index contributed by atoms with van der Waals surface area (Å²) < 4.78 is 0.637. The van der Waals surface area contributed by atoms with Gasteiger partial charge >= 0.3 is 5.97 Å². The summed E-state index contributed by atoms with van der Waals surface area (Å²) in [6.45, 7) is 3.60. The van der Waals surface area contributed by atoms with Crippen molar-refractivity contribution in [3.63, 3.8) is 0 Å². The van der Waals surface area contributed by atoms with Gasteiger partial charge in [0.2, 0.25) is 0 Å². The maximum absolute atomic E-state index is 12.0. The number of carboxylic acid groups (broad SMARTS) is 1. The topological polar surface area (TPSA) is 86.6 Å². The van der Waals surface area contributed by atoms with Crippen molar-refractivity contribution in [2.24, 2.45) is 5.92 Å². The van der Waals surface area contributed by atoms with Gasteiger partial charge in [-0.25, -0.2) is 4.79 Å². The monoisotopic (exact) mass is 329 g/mol. The molecule has 1 aromatic carbocycles. The van der Waals surface area contributed by atoms with Crippen LogP contribution >= 0.6 is 15.9 Å².